The molecule has 0 saturated carbocycles. The summed E-state index contributed by atoms with van der Waals surface area (Å²) in [7, 11) is 3.07. The Labute approximate surface area is 318 Å². The van der Waals surface area contributed by atoms with Crippen molar-refractivity contribution in [2.24, 2.45) is 0 Å². The largest absolute Gasteiger partial charge is 0.481 e. The molecule has 0 N–H and O–H groups in total. The molecule has 0 radical (unpaired) electrons. The molecule has 0 aliphatic rings. The van der Waals surface area contributed by atoms with Crippen molar-refractivity contribution in [2.75, 3.05) is 14.2 Å². The molecular formula is C44H54F2N2O6. The summed E-state index contributed by atoms with van der Waals surface area (Å²) in [6.07, 6.45) is 7.01. The number of pyridine rings is 2. The highest BCUT2D eigenvalue weighted by Crippen LogP contribution is 2.35. The third-order valence-electron chi connectivity index (χ3n) is 7.97. The number of carbonyl (C=O) groups excluding carboxylic acids is 2. The van der Waals surface area contributed by atoms with Gasteiger partial charge >= 0.3 is 11.9 Å². The molecule has 4 rings (SSSR count). The number of ether oxygens (including phenoxy) is 4. The number of hydrogen-bond donors (Lipinski definition) is 0. The second-order valence-electron chi connectivity index (χ2n) is 15.4. The molecule has 0 bridgehead atoms. The minimum atomic E-state index is -0.577. The molecule has 2 aromatic heterocycles. The van der Waals surface area contributed by atoms with E-state index in [1.54, 1.807) is 49.8 Å². The van der Waals surface area contributed by atoms with Crippen molar-refractivity contribution in [2.45, 2.75) is 105 Å². The molecule has 0 aliphatic heterocycles. The predicted octanol–water partition coefficient (Wildman–Crippen LogP) is 10.7. The van der Waals surface area contributed by atoms with Crippen LogP contribution in [-0.4, -0.2) is 47.3 Å². The monoisotopic (exact) mass is 744 g/mol. The van der Waals surface area contributed by atoms with Gasteiger partial charge in [0.15, 0.2) is 0 Å². The summed E-state index contributed by atoms with van der Waals surface area (Å²) in [4.78, 5) is 32.5. The Bertz CT molecular complexity index is 1940. The third kappa shape index (κ3) is 13.1. The summed E-state index contributed by atoms with van der Waals surface area (Å²) in [5.74, 6) is -0.256. The molecule has 0 atom stereocenters. The van der Waals surface area contributed by atoms with Crippen LogP contribution in [0.15, 0.2) is 67.0 Å². The van der Waals surface area contributed by atoms with Crippen molar-refractivity contribution in [3.63, 3.8) is 0 Å². The van der Waals surface area contributed by atoms with Gasteiger partial charge in [-0.3, -0.25) is 4.79 Å². The van der Waals surface area contributed by atoms with E-state index in [9.17, 15) is 18.4 Å². The van der Waals surface area contributed by atoms with Crippen LogP contribution in [0.4, 0.5) is 8.78 Å². The lowest BCUT2D eigenvalue weighted by molar-refractivity contribution is -0.154. The number of halogens is 2. The Balaban J connectivity index is 0.000000290. The lowest BCUT2D eigenvalue weighted by Gasteiger charge is -2.21. The number of nitrogens with zero attached hydrogens (tertiary/aromatic N) is 2. The average molecular weight is 745 g/mol. The van der Waals surface area contributed by atoms with E-state index in [0.717, 1.165) is 38.9 Å². The number of benzene rings is 2. The molecule has 8 nitrogen and oxygen atoms in total. The summed E-state index contributed by atoms with van der Waals surface area (Å²) in [5.41, 5.74) is 5.30. The average Bonchev–Trinajstić information content (AvgIpc) is 3.08. The molecule has 0 saturated heterocycles. The summed E-state index contributed by atoms with van der Waals surface area (Å²) < 4.78 is 49.8. The number of aromatic nitrogens is 2. The van der Waals surface area contributed by atoms with Crippen LogP contribution in [0.1, 0.15) is 110 Å². The first-order chi connectivity index (χ1) is 25.2. The molecule has 54 heavy (non-hydrogen) atoms. The Hall–Kier alpha value is -5.12. The molecule has 2 aromatic carbocycles. The summed E-state index contributed by atoms with van der Waals surface area (Å²) >= 11 is 0. The highest BCUT2D eigenvalue weighted by Gasteiger charge is 2.21. The van der Waals surface area contributed by atoms with Crippen LogP contribution in [0.3, 0.4) is 0 Å². The number of hydrogen-bond acceptors (Lipinski definition) is 8. The Morgan fingerprint density at radius 2 is 1.19 bits per heavy atom. The second-order valence-corrected chi connectivity index (χ2v) is 15.4. The first kappa shape index (κ1) is 43.3. The van der Waals surface area contributed by atoms with Crippen molar-refractivity contribution in [1.29, 1.82) is 0 Å². The fourth-order valence-corrected chi connectivity index (χ4v) is 5.74. The van der Waals surface area contributed by atoms with E-state index in [0.29, 0.717) is 23.7 Å². The maximum absolute atomic E-state index is 14.3. The number of methoxy groups -OCH3 is 2. The molecular weight excluding hydrogens is 690 g/mol. The highest BCUT2D eigenvalue weighted by molar-refractivity contribution is 5.90. The number of esters is 2. The zero-order valence-corrected chi connectivity index (χ0v) is 33.6. The number of rotatable bonds is 11. The van der Waals surface area contributed by atoms with Crippen molar-refractivity contribution in [1.82, 2.24) is 9.97 Å². The van der Waals surface area contributed by atoms with Gasteiger partial charge in [-0.1, -0.05) is 27.7 Å². The molecule has 0 spiro atoms. The fraction of sp³-hybridized carbons (Fsp3) is 0.409. The maximum atomic E-state index is 14.3. The molecule has 0 fully saturated rings. The van der Waals surface area contributed by atoms with Gasteiger partial charge in [0, 0.05) is 37.0 Å². The quantitative estimate of drug-likeness (QED) is 0.111. The van der Waals surface area contributed by atoms with Crippen LogP contribution in [-0.2, 0) is 25.5 Å². The molecule has 0 unspecified atom stereocenters. The lowest BCUT2D eigenvalue weighted by atomic mass is 9.88. The standard InChI is InChI=1S/C22H28FNO3.C22H26FNO3/c2*1-14(2)18-12-16(23)13-19(15-9-10-24-20(11-15)26-6)17(18)7-8-21(25)27-22(3,4)5/h9-14H,7-8H2,1-6H3;7-14H,1-6H3/b;8-7+. The highest BCUT2D eigenvalue weighted by atomic mass is 19.1. The van der Waals surface area contributed by atoms with Crippen molar-refractivity contribution >= 4 is 18.0 Å². The van der Waals surface area contributed by atoms with Gasteiger partial charge < -0.3 is 18.9 Å². The topological polar surface area (TPSA) is 96.8 Å². The van der Waals surface area contributed by atoms with E-state index in [-0.39, 0.29) is 35.9 Å². The van der Waals surface area contributed by atoms with E-state index in [1.165, 1.54) is 31.4 Å². The maximum Gasteiger partial charge on any atom is 0.331 e. The minimum Gasteiger partial charge on any atom is -0.481 e. The van der Waals surface area contributed by atoms with Crippen LogP contribution in [0.2, 0.25) is 0 Å². The van der Waals surface area contributed by atoms with E-state index in [1.807, 2.05) is 75.3 Å². The Kier molecular flexibility index (Phi) is 15.0. The summed E-state index contributed by atoms with van der Waals surface area (Å²) in [6, 6.07) is 13.1. The van der Waals surface area contributed by atoms with Gasteiger partial charge in [-0.25, -0.2) is 23.5 Å². The van der Waals surface area contributed by atoms with E-state index < -0.39 is 17.2 Å². The Morgan fingerprint density at radius 3 is 1.67 bits per heavy atom. The van der Waals surface area contributed by atoms with Gasteiger partial charge in [0.1, 0.15) is 22.8 Å². The van der Waals surface area contributed by atoms with E-state index >= 15 is 0 Å². The van der Waals surface area contributed by atoms with Crippen LogP contribution in [0.25, 0.3) is 28.3 Å². The third-order valence-corrected chi connectivity index (χ3v) is 7.97. The first-order valence-electron chi connectivity index (χ1n) is 18.0. The van der Waals surface area contributed by atoms with Crippen molar-refractivity contribution < 1.29 is 37.3 Å². The van der Waals surface area contributed by atoms with Crippen LogP contribution in [0.5, 0.6) is 11.8 Å². The molecule has 2 heterocycles. The van der Waals surface area contributed by atoms with Gasteiger partial charge in [0.2, 0.25) is 11.8 Å². The number of carbonyl (C=O) groups is 2. The molecule has 290 valence electrons. The van der Waals surface area contributed by atoms with Crippen LogP contribution < -0.4 is 9.47 Å². The zero-order valence-electron chi connectivity index (χ0n) is 33.6. The van der Waals surface area contributed by atoms with Gasteiger partial charge in [-0.2, -0.15) is 0 Å². The second kappa shape index (κ2) is 18.8. The Morgan fingerprint density at radius 1 is 0.704 bits per heavy atom. The van der Waals surface area contributed by atoms with Gasteiger partial charge in [0.25, 0.3) is 0 Å². The van der Waals surface area contributed by atoms with Crippen molar-refractivity contribution in [3.8, 4) is 34.0 Å². The van der Waals surface area contributed by atoms with Crippen LogP contribution in [0, 0.1) is 11.6 Å². The smallest absolute Gasteiger partial charge is 0.331 e. The molecule has 4 aromatic rings. The minimum absolute atomic E-state index is 0.0708. The fourth-order valence-electron chi connectivity index (χ4n) is 5.74. The molecule has 10 heteroatoms. The predicted molar refractivity (Wildman–Crippen MR) is 210 cm³/mol. The van der Waals surface area contributed by atoms with Gasteiger partial charge in [-0.05, 0) is 147 Å². The summed E-state index contributed by atoms with van der Waals surface area (Å²) in [5, 5.41) is 0. The normalized spacial score (nSPS) is 11.7. The van der Waals surface area contributed by atoms with Gasteiger partial charge in [0.05, 0.1) is 14.2 Å². The van der Waals surface area contributed by atoms with Crippen LogP contribution >= 0.6 is 0 Å². The molecule has 0 aliphatic carbocycles. The van der Waals surface area contributed by atoms with Gasteiger partial charge in [-0.15, -0.1) is 0 Å². The van der Waals surface area contributed by atoms with Crippen molar-refractivity contribution in [3.05, 3.63) is 101 Å². The zero-order chi connectivity index (χ0) is 40.4. The SMILES string of the molecule is COc1cc(-c2cc(F)cc(C(C)C)c2/C=C/C(=O)OC(C)(C)C)ccn1.COc1cc(-c2cc(F)cc(C(C)C)c2CCC(=O)OC(C)(C)C)ccn1. The van der Waals surface area contributed by atoms with E-state index in [2.05, 4.69) is 9.97 Å². The summed E-state index contributed by atoms with van der Waals surface area (Å²) in [6.45, 7) is 19.0. The molecule has 0 amide bonds. The van der Waals surface area contributed by atoms with E-state index in [4.69, 9.17) is 18.9 Å². The first-order valence-corrected chi connectivity index (χ1v) is 18.0. The lowest BCUT2D eigenvalue weighted by Crippen LogP contribution is -2.24.